The molecule has 1 saturated heterocycles. The first-order valence-electron chi connectivity index (χ1n) is 8.07. The molecular weight excluding hydrogens is 252 g/mol. The minimum atomic E-state index is -0.401. The van der Waals surface area contributed by atoms with Crippen LogP contribution in [-0.2, 0) is 4.74 Å². The van der Waals surface area contributed by atoms with E-state index < -0.39 is 5.60 Å². The van der Waals surface area contributed by atoms with Crippen LogP contribution >= 0.6 is 0 Å². The van der Waals surface area contributed by atoms with E-state index in [1.807, 2.05) is 25.7 Å². The summed E-state index contributed by atoms with van der Waals surface area (Å²) in [5.74, 6) is 0.884. The van der Waals surface area contributed by atoms with Crippen molar-refractivity contribution in [3.63, 3.8) is 0 Å². The minimum absolute atomic E-state index is 0.168. The molecular formula is C16H30N2O2. The van der Waals surface area contributed by atoms with Crippen LogP contribution in [0.2, 0.25) is 0 Å². The average molecular weight is 282 g/mol. The number of carbonyl (C=O) groups excluding carboxylic acids is 1. The largest absolute Gasteiger partial charge is 0.444 e. The van der Waals surface area contributed by atoms with Crippen molar-refractivity contribution in [1.82, 2.24) is 10.2 Å². The topological polar surface area (TPSA) is 41.6 Å². The Labute approximate surface area is 123 Å². The van der Waals surface area contributed by atoms with Crippen LogP contribution in [-0.4, -0.2) is 41.8 Å². The monoisotopic (exact) mass is 282 g/mol. The maximum Gasteiger partial charge on any atom is 0.410 e. The molecule has 1 saturated carbocycles. The molecule has 0 radical (unpaired) electrons. The second-order valence-corrected chi connectivity index (χ2v) is 7.54. The van der Waals surface area contributed by atoms with E-state index in [1.165, 1.54) is 25.7 Å². The average Bonchev–Trinajstić information content (AvgIpc) is 2.79. The van der Waals surface area contributed by atoms with E-state index in [1.54, 1.807) is 0 Å². The number of likely N-dealkylation sites (tertiary alicyclic amines) is 1. The normalized spacial score (nSPS) is 31.4. The highest BCUT2D eigenvalue weighted by Crippen LogP contribution is 2.25. The third kappa shape index (κ3) is 4.65. The van der Waals surface area contributed by atoms with Gasteiger partial charge in [-0.1, -0.05) is 6.92 Å². The first kappa shape index (κ1) is 15.6. The highest BCUT2D eigenvalue weighted by molar-refractivity contribution is 5.68. The summed E-state index contributed by atoms with van der Waals surface area (Å²) >= 11 is 0. The van der Waals surface area contributed by atoms with Gasteiger partial charge in [-0.15, -0.1) is 0 Å². The van der Waals surface area contributed by atoms with Crippen molar-refractivity contribution in [2.75, 3.05) is 13.1 Å². The minimum Gasteiger partial charge on any atom is -0.444 e. The van der Waals surface area contributed by atoms with Gasteiger partial charge < -0.3 is 15.0 Å². The van der Waals surface area contributed by atoms with Gasteiger partial charge in [0.1, 0.15) is 5.60 Å². The summed E-state index contributed by atoms with van der Waals surface area (Å²) in [6, 6.07) is 1.09. The third-order valence-corrected chi connectivity index (χ3v) is 4.33. The maximum absolute atomic E-state index is 12.0. The Hall–Kier alpha value is -0.770. The van der Waals surface area contributed by atoms with Crippen molar-refractivity contribution in [2.24, 2.45) is 5.92 Å². The molecule has 1 N–H and O–H groups in total. The van der Waals surface area contributed by atoms with Crippen molar-refractivity contribution in [2.45, 2.75) is 77.5 Å². The van der Waals surface area contributed by atoms with E-state index in [0.717, 1.165) is 25.4 Å². The van der Waals surface area contributed by atoms with Gasteiger partial charge in [0.25, 0.3) is 0 Å². The Kier molecular flexibility index (Phi) is 4.95. The van der Waals surface area contributed by atoms with Gasteiger partial charge in [-0.2, -0.15) is 0 Å². The molecule has 0 aromatic heterocycles. The fourth-order valence-corrected chi connectivity index (χ4v) is 3.15. The molecule has 0 aromatic rings. The van der Waals surface area contributed by atoms with Gasteiger partial charge in [-0.3, -0.25) is 0 Å². The van der Waals surface area contributed by atoms with Crippen LogP contribution in [0.3, 0.4) is 0 Å². The Morgan fingerprint density at radius 1 is 1.10 bits per heavy atom. The van der Waals surface area contributed by atoms with Crippen molar-refractivity contribution < 1.29 is 9.53 Å². The second-order valence-electron chi connectivity index (χ2n) is 7.54. The third-order valence-electron chi connectivity index (χ3n) is 4.33. The van der Waals surface area contributed by atoms with Gasteiger partial charge in [-0.25, -0.2) is 4.79 Å². The molecule has 2 aliphatic rings. The number of ether oxygens (including phenoxy) is 1. The molecule has 1 heterocycles. The Morgan fingerprint density at radius 3 is 2.35 bits per heavy atom. The van der Waals surface area contributed by atoms with E-state index in [-0.39, 0.29) is 6.09 Å². The van der Waals surface area contributed by atoms with E-state index in [0.29, 0.717) is 12.1 Å². The van der Waals surface area contributed by atoms with Gasteiger partial charge in [-0.05, 0) is 58.8 Å². The van der Waals surface area contributed by atoms with Crippen molar-refractivity contribution >= 4 is 6.09 Å². The number of nitrogens with zero attached hydrogens (tertiary/aromatic N) is 1. The smallest absolute Gasteiger partial charge is 0.410 e. The zero-order chi connectivity index (χ0) is 14.8. The molecule has 2 fully saturated rings. The Bertz CT molecular complexity index is 330. The van der Waals surface area contributed by atoms with Crippen LogP contribution in [0.1, 0.15) is 59.8 Å². The SMILES string of the molecule is CC(C)(C)OC(=O)N1CC[C@H](N[C@H]2CC[C@@H](C)CC2)C1. The molecule has 1 aliphatic carbocycles. The molecule has 1 amide bonds. The molecule has 0 spiro atoms. The van der Waals surface area contributed by atoms with Crippen LogP contribution in [0, 0.1) is 5.92 Å². The van der Waals surface area contributed by atoms with Crippen molar-refractivity contribution in [1.29, 1.82) is 0 Å². The highest BCUT2D eigenvalue weighted by Gasteiger charge is 2.31. The van der Waals surface area contributed by atoms with Gasteiger partial charge in [0.05, 0.1) is 0 Å². The van der Waals surface area contributed by atoms with E-state index in [2.05, 4.69) is 12.2 Å². The molecule has 0 aromatic carbocycles. The Morgan fingerprint density at radius 2 is 1.75 bits per heavy atom. The zero-order valence-electron chi connectivity index (χ0n) is 13.4. The number of carbonyl (C=O) groups is 1. The summed E-state index contributed by atoms with van der Waals surface area (Å²) in [5, 5.41) is 3.74. The van der Waals surface area contributed by atoms with Crippen LogP contribution in [0.5, 0.6) is 0 Å². The summed E-state index contributed by atoms with van der Waals surface area (Å²) < 4.78 is 5.43. The van der Waals surface area contributed by atoms with Gasteiger partial charge >= 0.3 is 6.09 Å². The molecule has 2 rings (SSSR count). The van der Waals surface area contributed by atoms with Crippen molar-refractivity contribution in [3.8, 4) is 0 Å². The highest BCUT2D eigenvalue weighted by atomic mass is 16.6. The summed E-state index contributed by atoms with van der Waals surface area (Å²) in [5.41, 5.74) is -0.401. The van der Waals surface area contributed by atoms with Gasteiger partial charge in [0, 0.05) is 25.2 Å². The molecule has 0 bridgehead atoms. The lowest BCUT2D eigenvalue weighted by Crippen LogP contribution is -2.43. The predicted molar refractivity (Wildman–Crippen MR) is 80.8 cm³/mol. The molecule has 1 atom stereocenters. The number of hydrogen-bond donors (Lipinski definition) is 1. The number of hydrogen-bond acceptors (Lipinski definition) is 3. The lowest BCUT2D eigenvalue weighted by molar-refractivity contribution is 0.0290. The lowest BCUT2D eigenvalue weighted by atomic mass is 9.87. The number of amides is 1. The van der Waals surface area contributed by atoms with Gasteiger partial charge in [0.15, 0.2) is 0 Å². The molecule has 116 valence electrons. The second kappa shape index (κ2) is 6.33. The van der Waals surface area contributed by atoms with Gasteiger partial charge in [0.2, 0.25) is 0 Å². The van der Waals surface area contributed by atoms with E-state index in [4.69, 9.17) is 4.74 Å². The number of rotatable bonds is 2. The molecule has 1 aliphatic heterocycles. The quantitative estimate of drug-likeness (QED) is 0.846. The van der Waals surface area contributed by atoms with E-state index >= 15 is 0 Å². The molecule has 4 nitrogen and oxygen atoms in total. The number of nitrogens with one attached hydrogen (secondary N) is 1. The maximum atomic E-state index is 12.0. The summed E-state index contributed by atoms with van der Waals surface area (Å²) in [6.45, 7) is 9.70. The summed E-state index contributed by atoms with van der Waals surface area (Å²) in [4.78, 5) is 13.9. The summed E-state index contributed by atoms with van der Waals surface area (Å²) in [6.07, 6.45) is 6.11. The lowest BCUT2D eigenvalue weighted by Gasteiger charge is -2.29. The standard InChI is InChI=1S/C16H30N2O2/c1-12-5-7-13(8-6-12)17-14-9-10-18(11-14)15(19)20-16(2,3)4/h12-14,17H,5-11H2,1-4H3/t12-,13+,14-/m0/s1. The van der Waals surface area contributed by atoms with Crippen molar-refractivity contribution in [3.05, 3.63) is 0 Å². The Balaban J connectivity index is 1.73. The molecule has 4 heteroatoms. The zero-order valence-corrected chi connectivity index (χ0v) is 13.4. The molecule has 20 heavy (non-hydrogen) atoms. The predicted octanol–water partition coefficient (Wildman–Crippen LogP) is 3.16. The fourth-order valence-electron chi connectivity index (χ4n) is 3.15. The van der Waals surface area contributed by atoms with Crippen LogP contribution in [0.4, 0.5) is 4.79 Å². The van der Waals surface area contributed by atoms with Crippen LogP contribution < -0.4 is 5.32 Å². The summed E-state index contributed by atoms with van der Waals surface area (Å²) in [7, 11) is 0. The van der Waals surface area contributed by atoms with E-state index in [9.17, 15) is 4.79 Å². The fraction of sp³-hybridized carbons (Fsp3) is 0.938. The first-order chi connectivity index (χ1) is 9.33. The van der Waals surface area contributed by atoms with Crippen LogP contribution in [0.25, 0.3) is 0 Å². The first-order valence-corrected chi connectivity index (χ1v) is 8.07. The molecule has 0 unspecified atom stereocenters. The van der Waals surface area contributed by atoms with Crippen LogP contribution in [0.15, 0.2) is 0 Å².